The van der Waals surface area contributed by atoms with E-state index in [1.54, 1.807) is 6.07 Å². The highest BCUT2D eigenvalue weighted by Gasteiger charge is 2.20. The second-order valence-corrected chi connectivity index (χ2v) is 4.02. The summed E-state index contributed by atoms with van der Waals surface area (Å²) >= 11 is 0. The zero-order chi connectivity index (χ0) is 13.3. The summed E-state index contributed by atoms with van der Waals surface area (Å²) < 4.78 is 40.4. The van der Waals surface area contributed by atoms with Crippen LogP contribution in [-0.2, 0) is 0 Å². The summed E-state index contributed by atoms with van der Waals surface area (Å²) in [7, 11) is 0. The number of aliphatic hydroxyl groups is 1. The zero-order valence-corrected chi connectivity index (χ0v) is 9.62. The fourth-order valence-corrected chi connectivity index (χ4v) is 1.78. The Balaban J connectivity index is 2.51. The van der Waals surface area contributed by atoms with Gasteiger partial charge in [0, 0.05) is 11.1 Å². The second kappa shape index (κ2) is 4.82. The van der Waals surface area contributed by atoms with Crippen LogP contribution in [0.25, 0.3) is 0 Å². The normalized spacial score (nSPS) is 12.5. The molecule has 0 bridgehead atoms. The van der Waals surface area contributed by atoms with E-state index in [2.05, 4.69) is 0 Å². The van der Waals surface area contributed by atoms with E-state index in [1.807, 2.05) is 0 Å². The monoisotopic (exact) mass is 252 g/mol. The molecular formula is C14H11F3O. The lowest BCUT2D eigenvalue weighted by Crippen LogP contribution is -2.07. The molecule has 1 atom stereocenters. The third kappa shape index (κ3) is 2.11. The number of hydrogen-bond donors (Lipinski definition) is 1. The van der Waals surface area contributed by atoms with Gasteiger partial charge in [-0.05, 0) is 18.6 Å². The Kier molecular flexibility index (Phi) is 3.39. The molecule has 4 heteroatoms. The van der Waals surface area contributed by atoms with Crippen molar-refractivity contribution in [1.82, 2.24) is 0 Å². The van der Waals surface area contributed by atoms with Gasteiger partial charge in [-0.25, -0.2) is 13.2 Å². The van der Waals surface area contributed by atoms with E-state index >= 15 is 0 Å². The lowest BCUT2D eigenvalue weighted by Gasteiger charge is -2.14. The van der Waals surface area contributed by atoms with Crippen molar-refractivity contribution in [3.63, 3.8) is 0 Å². The average molecular weight is 252 g/mol. The Morgan fingerprint density at radius 3 is 2.11 bits per heavy atom. The molecule has 2 rings (SSSR count). The Hall–Kier alpha value is -1.81. The van der Waals surface area contributed by atoms with Gasteiger partial charge in [0.1, 0.15) is 11.9 Å². The minimum Gasteiger partial charge on any atom is -0.383 e. The molecule has 2 aromatic carbocycles. The van der Waals surface area contributed by atoms with Crippen molar-refractivity contribution in [2.24, 2.45) is 0 Å². The first-order valence-corrected chi connectivity index (χ1v) is 5.39. The molecule has 0 aliphatic carbocycles. The van der Waals surface area contributed by atoms with Crippen molar-refractivity contribution in [3.8, 4) is 0 Å². The van der Waals surface area contributed by atoms with Crippen LogP contribution in [0.5, 0.6) is 0 Å². The van der Waals surface area contributed by atoms with Crippen LogP contribution in [0.15, 0.2) is 36.4 Å². The highest BCUT2D eigenvalue weighted by molar-refractivity contribution is 5.34. The van der Waals surface area contributed by atoms with Crippen molar-refractivity contribution in [2.75, 3.05) is 0 Å². The zero-order valence-electron chi connectivity index (χ0n) is 9.62. The maximum absolute atomic E-state index is 13.8. The Labute approximate surface area is 103 Å². The van der Waals surface area contributed by atoms with Crippen LogP contribution in [0, 0.1) is 24.4 Å². The maximum atomic E-state index is 13.8. The number of hydrogen-bond acceptors (Lipinski definition) is 1. The first kappa shape index (κ1) is 12.6. The van der Waals surface area contributed by atoms with E-state index < -0.39 is 23.6 Å². The van der Waals surface area contributed by atoms with Gasteiger partial charge in [0.25, 0.3) is 0 Å². The standard InChI is InChI=1S/C14H11F3O/c1-8-4-2-5-9(12(8)16)14(18)10-6-3-7-11(15)13(10)17/h2-7,14,18H,1H3. The first-order chi connectivity index (χ1) is 8.52. The molecule has 0 heterocycles. The van der Waals surface area contributed by atoms with Gasteiger partial charge in [-0.15, -0.1) is 0 Å². The summed E-state index contributed by atoms with van der Waals surface area (Å²) in [6.07, 6.45) is -1.53. The van der Waals surface area contributed by atoms with Crippen LogP contribution in [0.3, 0.4) is 0 Å². The minimum absolute atomic E-state index is 0.0699. The molecule has 94 valence electrons. The van der Waals surface area contributed by atoms with Crippen LogP contribution in [0.2, 0.25) is 0 Å². The fraction of sp³-hybridized carbons (Fsp3) is 0.143. The van der Waals surface area contributed by atoms with Crippen LogP contribution in [-0.4, -0.2) is 5.11 Å². The molecule has 1 unspecified atom stereocenters. The van der Waals surface area contributed by atoms with E-state index in [1.165, 1.54) is 31.2 Å². The number of halogens is 3. The van der Waals surface area contributed by atoms with Gasteiger partial charge >= 0.3 is 0 Å². The van der Waals surface area contributed by atoms with Crippen molar-refractivity contribution in [1.29, 1.82) is 0 Å². The lowest BCUT2D eigenvalue weighted by molar-refractivity contribution is 0.208. The average Bonchev–Trinajstić information content (AvgIpc) is 2.35. The summed E-state index contributed by atoms with van der Waals surface area (Å²) in [5, 5.41) is 9.96. The molecule has 18 heavy (non-hydrogen) atoms. The summed E-state index contributed by atoms with van der Waals surface area (Å²) in [6.45, 7) is 1.54. The summed E-state index contributed by atoms with van der Waals surface area (Å²) in [5.41, 5.74) is -0.0117. The Bertz CT molecular complexity index is 530. The third-order valence-corrected chi connectivity index (χ3v) is 2.79. The van der Waals surface area contributed by atoms with E-state index in [-0.39, 0.29) is 11.1 Å². The molecule has 0 aliphatic rings. The van der Waals surface area contributed by atoms with Crippen molar-refractivity contribution in [2.45, 2.75) is 13.0 Å². The fourth-order valence-electron chi connectivity index (χ4n) is 1.78. The molecule has 0 aliphatic heterocycles. The SMILES string of the molecule is Cc1cccc(C(O)c2cccc(F)c2F)c1F. The van der Waals surface area contributed by atoms with Crippen LogP contribution in [0.1, 0.15) is 22.8 Å². The largest absolute Gasteiger partial charge is 0.383 e. The molecule has 0 fully saturated rings. The number of rotatable bonds is 2. The van der Waals surface area contributed by atoms with Crippen molar-refractivity contribution in [3.05, 3.63) is 70.5 Å². The predicted octanol–water partition coefficient (Wildman–Crippen LogP) is 3.49. The van der Waals surface area contributed by atoms with Gasteiger partial charge in [-0.2, -0.15) is 0 Å². The van der Waals surface area contributed by atoms with Gasteiger partial charge in [0.15, 0.2) is 11.6 Å². The second-order valence-electron chi connectivity index (χ2n) is 4.02. The highest BCUT2D eigenvalue weighted by Crippen LogP contribution is 2.28. The van der Waals surface area contributed by atoms with Gasteiger partial charge in [-0.1, -0.05) is 30.3 Å². The molecule has 2 aromatic rings. The maximum Gasteiger partial charge on any atom is 0.164 e. The quantitative estimate of drug-likeness (QED) is 0.867. The Morgan fingerprint density at radius 2 is 1.44 bits per heavy atom. The summed E-state index contributed by atoms with van der Waals surface area (Å²) in [6, 6.07) is 7.87. The molecule has 1 nitrogen and oxygen atoms in total. The van der Waals surface area contributed by atoms with Gasteiger partial charge in [0.2, 0.25) is 0 Å². The summed E-state index contributed by atoms with van der Waals surface area (Å²) in [5.74, 6) is -2.85. The van der Waals surface area contributed by atoms with Crippen molar-refractivity contribution >= 4 is 0 Å². The van der Waals surface area contributed by atoms with E-state index in [0.717, 1.165) is 6.07 Å². The van der Waals surface area contributed by atoms with Crippen LogP contribution in [0.4, 0.5) is 13.2 Å². The number of benzene rings is 2. The predicted molar refractivity (Wildman–Crippen MR) is 61.6 cm³/mol. The first-order valence-electron chi connectivity index (χ1n) is 5.39. The molecular weight excluding hydrogens is 241 g/mol. The lowest BCUT2D eigenvalue weighted by atomic mass is 9.99. The number of aryl methyl sites for hydroxylation is 1. The van der Waals surface area contributed by atoms with E-state index in [0.29, 0.717) is 5.56 Å². The molecule has 0 amide bonds. The third-order valence-electron chi connectivity index (χ3n) is 2.79. The molecule has 0 saturated carbocycles. The molecule has 0 radical (unpaired) electrons. The van der Waals surface area contributed by atoms with Crippen LogP contribution >= 0.6 is 0 Å². The van der Waals surface area contributed by atoms with E-state index in [4.69, 9.17) is 0 Å². The highest BCUT2D eigenvalue weighted by atomic mass is 19.2. The minimum atomic E-state index is -1.53. The topological polar surface area (TPSA) is 20.2 Å². The van der Waals surface area contributed by atoms with Crippen LogP contribution < -0.4 is 0 Å². The molecule has 0 spiro atoms. The van der Waals surface area contributed by atoms with E-state index in [9.17, 15) is 18.3 Å². The smallest absolute Gasteiger partial charge is 0.164 e. The van der Waals surface area contributed by atoms with Crippen molar-refractivity contribution < 1.29 is 18.3 Å². The molecule has 1 N–H and O–H groups in total. The van der Waals surface area contributed by atoms with Gasteiger partial charge < -0.3 is 5.11 Å². The molecule has 0 aromatic heterocycles. The number of aliphatic hydroxyl groups excluding tert-OH is 1. The molecule has 0 saturated heterocycles. The Morgan fingerprint density at radius 1 is 0.889 bits per heavy atom. The summed E-state index contributed by atoms with van der Waals surface area (Å²) in [4.78, 5) is 0. The van der Waals surface area contributed by atoms with Gasteiger partial charge in [-0.3, -0.25) is 0 Å². The van der Waals surface area contributed by atoms with Gasteiger partial charge in [0.05, 0.1) is 0 Å².